The fraction of sp³-hybridized carbons (Fsp3) is 0.917. The Balaban J connectivity index is 1.58. The van der Waals surface area contributed by atoms with Crippen molar-refractivity contribution in [1.82, 2.24) is 0 Å². The van der Waals surface area contributed by atoms with Gasteiger partial charge >= 0.3 is 0 Å². The van der Waals surface area contributed by atoms with Crippen LogP contribution >= 0.6 is 0 Å². The van der Waals surface area contributed by atoms with Crippen LogP contribution < -0.4 is 0 Å². The van der Waals surface area contributed by atoms with Crippen molar-refractivity contribution >= 4 is 0 Å². The summed E-state index contributed by atoms with van der Waals surface area (Å²) >= 11 is 0. The zero-order valence-electron chi connectivity index (χ0n) is 17.2. The van der Waals surface area contributed by atoms with Crippen molar-refractivity contribution < 1.29 is 10.2 Å². The molecule has 0 saturated heterocycles. The smallest absolute Gasteiger partial charge is 0.0543 e. The third kappa shape index (κ3) is 2.82. The van der Waals surface area contributed by atoms with Crippen LogP contribution in [0.1, 0.15) is 78.6 Å². The van der Waals surface area contributed by atoms with E-state index in [1.165, 1.54) is 38.5 Å². The quantitative estimate of drug-likeness (QED) is 0.677. The lowest BCUT2D eigenvalue weighted by molar-refractivity contribution is -0.0822. The summed E-state index contributed by atoms with van der Waals surface area (Å²) in [6.45, 7) is 7.86. The van der Waals surface area contributed by atoms with Gasteiger partial charge in [-0.15, -0.1) is 0 Å². The van der Waals surface area contributed by atoms with E-state index >= 15 is 0 Å². The molecule has 2 heteroatoms. The van der Waals surface area contributed by atoms with Gasteiger partial charge in [-0.3, -0.25) is 0 Å². The summed E-state index contributed by atoms with van der Waals surface area (Å²) in [5, 5.41) is 19.4. The van der Waals surface area contributed by atoms with Crippen LogP contribution in [0, 0.1) is 46.3 Å². The molecule has 4 aliphatic carbocycles. The van der Waals surface area contributed by atoms with E-state index in [9.17, 15) is 10.2 Å². The van der Waals surface area contributed by atoms with Gasteiger partial charge in [-0.1, -0.05) is 32.9 Å². The van der Waals surface area contributed by atoms with Gasteiger partial charge in [0, 0.05) is 6.61 Å². The van der Waals surface area contributed by atoms with Crippen molar-refractivity contribution in [2.75, 3.05) is 6.61 Å². The molecule has 4 rings (SSSR count). The Bertz CT molecular complexity index is 542. The van der Waals surface area contributed by atoms with E-state index in [0.717, 1.165) is 54.8 Å². The summed E-state index contributed by atoms with van der Waals surface area (Å²) in [4.78, 5) is 0. The number of fused-ring (bicyclic) bond motifs is 5. The number of aliphatic hydroxyl groups is 2. The van der Waals surface area contributed by atoms with Gasteiger partial charge < -0.3 is 10.2 Å². The van der Waals surface area contributed by atoms with E-state index in [1.807, 2.05) is 0 Å². The van der Waals surface area contributed by atoms with E-state index in [4.69, 9.17) is 0 Å². The number of hydrogen-bond acceptors (Lipinski definition) is 2. The lowest BCUT2D eigenvalue weighted by atomic mass is 9.46. The van der Waals surface area contributed by atoms with Gasteiger partial charge in [0.15, 0.2) is 0 Å². The second-order valence-corrected chi connectivity index (χ2v) is 10.8. The lowest BCUT2D eigenvalue weighted by Crippen LogP contribution is -2.52. The first-order chi connectivity index (χ1) is 12.4. The van der Waals surface area contributed by atoms with E-state index in [-0.39, 0.29) is 6.10 Å². The second-order valence-electron chi connectivity index (χ2n) is 10.8. The van der Waals surface area contributed by atoms with E-state index in [0.29, 0.717) is 17.4 Å². The summed E-state index contributed by atoms with van der Waals surface area (Å²) in [6, 6.07) is 0. The predicted octanol–water partition coefficient (Wildman–Crippen LogP) is 5.19. The summed E-state index contributed by atoms with van der Waals surface area (Å²) in [7, 11) is 0. The van der Waals surface area contributed by atoms with Crippen molar-refractivity contribution in [3.63, 3.8) is 0 Å². The van der Waals surface area contributed by atoms with Crippen molar-refractivity contribution in [2.24, 2.45) is 46.3 Å². The van der Waals surface area contributed by atoms with Gasteiger partial charge in [0.05, 0.1) is 6.10 Å². The normalized spacial score (nSPS) is 51.4. The Kier molecular flexibility index (Phi) is 5.06. The van der Waals surface area contributed by atoms with Gasteiger partial charge in [0.25, 0.3) is 0 Å². The molecule has 3 fully saturated rings. The maximum absolute atomic E-state index is 10.2. The maximum atomic E-state index is 10.2. The minimum absolute atomic E-state index is 0.0503. The summed E-state index contributed by atoms with van der Waals surface area (Å²) in [5.41, 5.74) is 0.786. The van der Waals surface area contributed by atoms with Crippen LogP contribution in [0.5, 0.6) is 0 Å². The molecule has 0 bridgehead atoms. The van der Waals surface area contributed by atoms with Crippen molar-refractivity contribution in [3.8, 4) is 0 Å². The van der Waals surface area contributed by atoms with Gasteiger partial charge in [0.1, 0.15) is 0 Å². The van der Waals surface area contributed by atoms with Crippen LogP contribution in [0.3, 0.4) is 0 Å². The molecular weight excluding hydrogens is 320 g/mol. The largest absolute Gasteiger partial charge is 0.396 e. The number of allylic oxidation sites excluding steroid dienone is 2. The Labute approximate surface area is 160 Å². The lowest BCUT2D eigenvalue weighted by Gasteiger charge is -2.58. The van der Waals surface area contributed by atoms with Crippen LogP contribution in [0.4, 0.5) is 0 Å². The van der Waals surface area contributed by atoms with Gasteiger partial charge in [-0.05, 0) is 104 Å². The SMILES string of the molecule is C[C@H](CCCO)[C@@H]1CC[C@@H]2[C@@H]3CC[C@H]4C[C@H](O)CC[C@]4(C)[C@@H]3C=C[C@@]21C. The number of hydrogen-bond donors (Lipinski definition) is 2. The molecule has 0 unspecified atom stereocenters. The fourth-order valence-electron chi connectivity index (χ4n) is 8.16. The third-order valence-corrected chi connectivity index (χ3v) is 9.65. The highest BCUT2D eigenvalue weighted by Crippen LogP contribution is 2.66. The van der Waals surface area contributed by atoms with Crippen LogP contribution in [0.15, 0.2) is 12.2 Å². The predicted molar refractivity (Wildman–Crippen MR) is 107 cm³/mol. The van der Waals surface area contributed by atoms with Crippen LogP contribution in [-0.4, -0.2) is 22.9 Å². The molecule has 3 saturated carbocycles. The Morgan fingerprint density at radius 3 is 2.69 bits per heavy atom. The zero-order valence-corrected chi connectivity index (χ0v) is 17.2. The van der Waals surface area contributed by atoms with Crippen LogP contribution in [-0.2, 0) is 0 Å². The molecule has 2 nitrogen and oxygen atoms in total. The molecule has 0 spiro atoms. The van der Waals surface area contributed by atoms with Crippen LogP contribution in [0.2, 0.25) is 0 Å². The molecule has 0 radical (unpaired) electrons. The molecule has 0 aromatic heterocycles. The first-order valence-corrected chi connectivity index (χ1v) is 11.4. The topological polar surface area (TPSA) is 40.5 Å². The Hall–Kier alpha value is -0.340. The molecular formula is C24H40O2. The van der Waals surface area contributed by atoms with E-state index < -0.39 is 0 Å². The van der Waals surface area contributed by atoms with E-state index in [2.05, 4.69) is 32.9 Å². The van der Waals surface area contributed by atoms with Gasteiger partial charge in [0.2, 0.25) is 0 Å². The summed E-state index contributed by atoms with van der Waals surface area (Å²) in [5.74, 6) is 4.67. The third-order valence-electron chi connectivity index (χ3n) is 9.65. The monoisotopic (exact) mass is 360 g/mol. The van der Waals surface area contributed by atoms with Crippen LogP contribution in [0.25, 0.3) is 0 Å². The molecule has 0 amide bonds. The first-order valence-electron chi connectivity index (χ1n) is 11.4. The highest BCUT2D eigenvalue weighted by atomic mass is 16.3. The molecule has 26 heavy (non-hydrogen) atoms. The Morgan fingerprint density at radius 1 is 1.12 bits per heavy atom. The van der Waals surface area contributed by atoms with Crippen molar-refractivity contribution in [3.05, 3.63) is 12.2 Å². The standard InChI is InChI=1S/C24H40O2/c1-16(5-4-14-25)20-8-9-21-19-7-6-17-15-18(26)10-12-23(17,2)22(19)11-13-24(20,21)3/h11,13,16-22,25-26H,4-10,12,14-15H2,1-3H3/t16-,17+,18-,19+,20+,21-,22-,23+,24-/m1/s1. The van der Waals surface area contributed by atoms with Gasteiger partial charge in [-0.25, -0.2) is 0 Å². The maximum Gasteiger partial charge on any atom is 0.0543 e. The summed E-state index contributed by atoms with van der Waals surface area (Å²) in [6.07, 6.45) is 16.1. The fourth-order valence-corrected chi connectivity index (χ4v) is 8.16. The summed E-state index contributed by atoms with van der Waals surface area (Å²) < 4.78 is 0. The minimum atomic E-state index is -0.0503. The van der Waals surface area contributed by atoms with E-state index in [1.54, 1.807) is 0 Å². The van der Waals surface area contributed by atoms with Crippen molar-refractivity contribution in [1.29, 1.82) is 0 Å². The van der Waals surface area contributed by atoms with Gasteiger partial charge in [-0.2, -0.15) is 0 Å². The minimum Gasteiger partial charge on any atom is -0.396 e. The first kappa shape index (κ1) is 19.0. The zero-order chi connectivity index (χ0) is 18.5. The average Bonchev–Trinajstić information content (AvgIpc) is 2.97. The molecule has 148 valence electrons. The number of aliphatic hydroxyl groups excluding tert-OH is 2. The van der Waals surface area contributed by atoms with Crippen molar-refractivity contribution in [2.45, 2.75) is 84.7 Å². The molecule has 0 aliphatic heterocycles. The molecule has 9 atom stereocenters. The average molecular weight is 361 g/mol. The highest BCUT2D eigenvalue weighted by Gasteiger charge is 2.58. The second kappa shape index (κ2) is 6.92. The molecule has 0 aromatic rings. The highest BCUT2D eigenvalue weighted by molar-refractivity contribution is 5.20. The molecule has 0 heterocycles. The molecule has 0 aromatic carbocycles. The Morgan fingerprint density at radius 2 is 1.92 bits per heavy atom. The molecule has 4 aliphatic rings. The number of rotatable bonds is 4. The molecule has 2 N–H and O–H groups in total.